The molecule has 0 aliphatic rings. The molecule has 0 aliphatic carbocycles. The summed E-state index contributed by atoms with van der Waals surface area (Å²) in [4.78, 5) is 16.8. The van der Waals surface area contributed by atoms with Gasteiger partial charge in [0.25, 0.3) is 5.56 Å². The van der Waals surface area contributed by atoms with Crippen LogP contribution in [-0.4, -0.2) is 9.55 Å². The van der Waals surface area contributed by atoms with Crippen LogP contribution in [-0.2, 0) is 6.54 Å². The zero-order valence-corrected chi connectivity index (χ0v) is 12.5. The molecule has 0 saturated heterocycles. The molecule has 2 aromatic rings. The van der Waals surface area contributed by atoms with Gasteiger partial charge < -0.3 is 0 Å². The van der Waals surface area contributed by atoms with Crippen molar-refractivity contribution in [2.75, 3.05) is 0 Å². The first-order valence-corrected chi connectivity index (χ1v) is 7.00. The fourth-order valence-electron chi connectivity index (χ4n) is 1.16. The third-order valence-electron chi connectivity index (χ3n) is 1.90. The fourth-order valence-corrected chi connectivity index (χ4v) is 3.10. The lowest BCUT2D eigenvalue weighted by Gasteiger charge is -2.03. The maximum Gasteiger partial charge on any atom is 0.269 e. The highest BCUT2D eigenvalue weighted by Gasteiger charge is 2.08. The Bertz CT molecular complexity index is 581. The Balaban J connectivity index is 2.36. The first kappa shape index (κ1) is 12.3. The van der Waals surface area contributed by atoms with Gasteiger partial charge in [-0.3, -0.25) is 9.36 Å². The van der Waals surface area contributed by atoms with Crippen LogP contribution < -0.4 is 5.56 Å². The summed E-state index contributed by atoms with van der Waals surface area (Å²) >= 11 is 13.8. The van der Waals surface area contributed by atoms with E-state index in [1.165, 1.54) is 10.9 Å². The molecule has 0 atom stereocenters. The Morgan fingerprint density at radius 3 is 2.81 bits per heavy atom. The lowest BCUT2D eigenvalue weighted by Crippen LogP contribution is -2.21. The largest absolute Gasteiger partial charge is 0.293 e. The minimum Gasteiger partial charge on any atom is -0.293 e. The molecular formula is C9H5Br2ClN2OS. The lowest BCUT2D eigenvalue weighted by atomic mass is 10.4. The van der Waals surface area contributed by atoms with E-state index in [0.29, 0.717) is 11.0 Å². The van der Waals surface area contributed by atoms with Crippen molar-refractivity contribution in [3.8, 4) is 0 Å². The molecule has 84 valence electrons. The van der Waals surface area contributed by atoms with Crippen LogP contribution in [0.2, 0.25) is 5.15 Å². The zero-order valence-electron chi connectivity index (χ0n) is 7.78. The monoisotopic (exact) mass is 382 g/mol. The molecule has 2 rings (SSSR count). The maximum absolute atomic E-state index is 11.8. The van der Waals surface area contributed by atoms with Crippen molar-refractivity contribution in [1.82, 2.24) is 9.55 Å². The molecule has 0 unspecified atom stereocenters. The van der Waals surface area contributed by atoms with Crippen molar-refractivity contribution >= 4 is 54.8 Å². The van der Waals surface area contributed by atoms with E-state index >= 15 is 0 Å². The number of thiophene rings is 1. The molecule has 0 aliphatic heterocycles. The van der Waals surface area contributed by atoms with Gasteiger partial charge in [-0.15, -0.1) is 11.3 Å². The highest BCUT2D eigenvalue weighted by molar-refractivity contribution is 9.11. The van der Waals surface area contributed by atoms with Gasteiger partial charge in [0.05, 0.1) is 16.7 Å². The summed E-state index contributed by atoms with van der Waals surface area (Å²) in [6, 6.07) is 3.91. The van der Waals surface area contributed by atoms with Gasteiger partial charge in [-0.1, -0.05) is 11.6 Å². The van der Waals surface area contributed by atoms with Crippen LogP contribution >= 0.6 is 54.8 Å². The van der Waals surface area contributed by atoms with E-state index in [9.17, 15) is 4.79 Å². The molecule has 0 fully saturated rings. The quantitative estimate of drug-likeness (QED) is 0.743. The number of rotatable bonds is 2. The van der Waals surface area contributed by atoms with Crippen LogP contribution in [0.1, 0.15) is 4.88 Å². The van der Waals surface area contributed by atoms with E-state index in [4.69, 9.17) is 11.6 Å². The molecule has 0 bridgehead atoms. The van der Waals surface area contributed by atoms with Crippen molar-refractivity contribution < 1.29 is 0 Å². The first-order chi connectivity index (χ1) is 7.58. The number of hydrogen-bond acceptors (Lipinski definition) is 3. The van der Waals surface area contributed by atoms with E-state index in [0.717, 1.165) is 8.66 Å². The second-order valence-electron chi connectivity index (χ2n) is 2.99. The van der Waals surface area contributed by atoms with Crippen molar-refractivity contribution in [1.29, 1.82) is 0 Å². The third-order valence-corrected chi connectivity index (χ3v) is 4.73. The topological polar surface area (TPSA) is 34.9 Å². The average molecular weight is 384 g/mol. The van der Waals surface area contributed by atoms with E-state index < -0.39 is 0 Å². The zero-order chi connectivity index (χ0) is 11.7. The van der Waals surface area contributed by atoms with Gasteiger partial charge in [0.2, 0.25) is 0 Å². The minimum absolute atomic E-state index is 0.176. The number of aromatic nitrogens is 2. The van der Waals surface area contributed by atoms with Crippen LogP contribution in [0.25, 0.3) is 0 Å². The standard InChI is InChI=1S/C9H5Br2ClN2OS/c10-6-2-1-5(16-6)3-14-4-13-8(12)7(11)9(14)15/h1-2,4H,3H2. The summed E-state index contributed by atoms with van der Waals surface area (Å²) in [6.07, 6.45) is 1.45. The van der Waals surface area contributed by atoms with E-state index in [1.54, 1.807) is 11.3 Å². The van der Waals surface area contributed by atoms with Gasteiger partial charge in [0.1, 0.15) is 4.47 Å². The molecular weight excluding hydrogens is 379 g/mol. The van der Waals surface area contributed by atoms with Crippen LogP contribution in [0.5, 0.6) is 0 Å². The van der Waals surface area contributed by atoms with Crippen LogP contribution in [0.3, 0.4) is 0 Å². The Kier molecular flexibility index (Phi) is 3.84. The molecule has 7 heteroatoms. The molecule has 16 heavy (non-hydrogen) atoms. The summed E-state index contributed by atoms with van der Waals surface area (Å²) in [6.45, 7) is 0.498. The van der Waals surface area contributed by atoms with Crippen molar-refractivity contribution in [3.05, 3.63) is 47.1 Å². The molecule has 0 radical (unpaired) electrons. The molecule has 0 amide bonds. The second kappa shape index (κ2) is 5.00. The fraction of sp³-hybridized carbons (Fsp3) is 0.111. The number of nitrogens with zero attached hydrogens (tertiary/aromatic N) is 2. The number of halogens is 3. The van der Waals surface area contributed by atoms with Gasteiger partial charge in [-0.05, 0) is 44.0 Å². The molecule has 3 nitrogen and oxygen atoms in total. The van der Waals surface area contributed by atoms with E-state index in [2.05, 4.69) is 36.8 Å². The first-order valence-electron chi connectivity index (χ1n) is 4.22. The Morgan fingerprint density at radius 1 is 1.44 bits per heavy atom. The van der Waals surface area contributed by atoms with Crippen molar-refractivity contribution in [2.24, 2.45) is 0 Å². The Morgan fingerprint density at radius 2 is 2.19 bits per heavy atom. The van der Waals surface area contributed by atoms with Gasteiger partial charge in [0.15, 0.2) is 5.15 Å². The number of hydrogen-bond donors (Lipinski definition) is 0. The summed E-state index contributed by atoms with van der Waals surface area (Å²) in [5.41, 5.74) is -0.176. The highest BCUT2D eigenvalue weighted by Crippen LogP contribution is 2.22. The summed E-state index contributed by atoms with van der Waals surface area (Å²) < 4.78 is 2.85. The Labute approximate surface area is 117 Å². The molecule has 0 aromatic carbocycles. The smallest absolute Gasteiger partial charge is 0.269 e. The van der Waals surface area contributed by atoms with Gasteiger partial charge >= 0.3 is 0 Å². The predicted octanol–water partition coefficient (Wildman–Crippen LogP) is 3.53. The minimum atomic E-state index is -0.176. The van der Waals surface area contributed by atoms with Crippen LogP contribution in [0.15, 0.2) is 31.5 Å². The van der Waals surface area contributed by atoms with Crippen molar-refractivity contribution in [2.45, 2.75) is 6.54 Å². The van der Waals surface area contributed by atoms with Crippen molar-refractivity contribution in [3.63, 3.8) is 0 Å². The summed E-state index contributed by atoms with van der Waals surface area (Å²) in [5, 5.41) is 0.189. The summed E-state index contributed by atoms with van der Waals surface area (Å²) in [5.74, 6) is 0. The highest BCUT2D eigenvalue weighted by atomic mass is 79.9. The SMILES string of the molecule is O=c1c(Br)c(Cl)ncn1Cc1ccc(Br)s1. The van der Waals surface area contributed by atoms with Crippen LogP contribution in [0, 0.1) is 0 Å². The van der Waals surface area contributed by atoms with Gasteiger partial charge in [-0.2, -0.15) is 0 Å². The van der Waals surface area contributed by atoms with Crippen LogP contribution in [0.4, 0.5) is 0 Å². The third kappa shape index (κ3) is 2.56. The summed E-state index contributed by atoms with van der Waals surface area (Å²) in [7, 11) is 0. The maximum atomic E-state index is 11.8. The average Bonchev–Trinajstić information content (AvgIpc) is 2.65. The normalized spacial score (nSPS) is 10.7. The Hall–Kier alpha value is -0.170. The second-order valence-corrected chi connectivity index (χ2v) is 6.69. The molecule has 2 heterocycles. The van der Waals surface area contributed by atoms with E-state index in [1.807, 2.05) is 12.1 Å². The molecule has 0 saturated carbocycles. The lowest BCUT2D eigenvalue weighted by molar-refractivity contribution is 0.740. The van der Waals surface area contributed by atoms with Gasteiger partial charge in [0, 0.05) is 4.88 Å². The van der Waals surface area contributed by atoms with E-state index in [-0.39, 0.29) is 10.7 Å². The molecule has 0 spiro atoms. The molecule has 2 aromatic heterocycles. The molecule has 0 N–H and O–H groups in total. The predicted molar refractivity (Wildman–Crippen MR) is 72.3 cm³/mol. The van der Waals surface area contributed by atoms with Gasteiger partial charge in [-0.25, -0.2) is 4.98 Å².